The van der Waals surface area contributed by atoms with Crippen LogP contribution >= 0.6 is 23.2 Å². The molecular formula is C30H34Cl2FN3O4S. The molecule has 41 heavy (non-hydrogen) atoms. The Morgan fingerprint density at radius 3 is 2.17 bits per heavy atom. The average Bonchev–Trinajstić information content (AvgIpc) is 2.93. The molecule has 0 unspecified atom stereocenters. The van der Waals surface area contributed by atoms with E-state index in [0.717, 1.165) is 22.5 Å². The van der Waals surface area contributed by atoms with Gasteiger partial charge in [0, 0.05) is 48.1 Å². The first kappa shape index (κ1) is 32.4. The van der Waals surface area contributed by atoms with Crippen LogP contribution in [0.25, 0.3) is 0 Å². The van der Waals surface area contributed by atoms with E-state index < -0.39 is 21.9 Å². The van der Waals surface area contributed by atoms with Gasteiger partial charge in [-0.15, -0.1) is 0 Å². The maximum atomic E-state index is 13.8. The zero-order valence-electron chi connectivity index (χ0n) is 23.0. The van der Waals surface area contributed by atoms with E-state index in [0.29, 0.717) is 27.8 Å². The fourth-order valence-corrected chi connectivity index (χ4v) is 5.87. The molecule has 0 aliphatic rings. The van der Waals surface area contributed by atoms with E-state index in [2.05, 4.69) is 5.32 Å². The van der Waals surface area contributed by atoms with Gasteiger partial charge in [-0.05, 0) is 54.8 Å². The van der Waals surface area contributed by atoms with Gasteiger partial charge in [0.15, 0.2) is 0 Å². The lowest BCUT2D eigenvalue weighted by molar-refractivity contribution is -0.141. The fourth-order valence-electron chi connectivity index (χ4n) is 4.38. The summed E-state index contributed by atoms with van der Waals surface area (Å²) in [6, 6.07) is 18.6. The number of nitrogens with one attached hydrogen (secondary N) is 1. The van der Waals surface area contributed by atoms with Gasteiger partial charge in [-0.25, -0.2) is 12.8 Å². The normalized spacial score (nSPS) is 12.0. The van der Waals surface area contributed by atoms with Crippen LogP contribution < -0.4 is 9.62 Å². The summed E-state index contributed by atoms with van der Waals surface area (Å²) in [5.74, 6) is -1.16. The van der Waals surface area contributed by atoms with E-state index in [1.807, 2.05) is 37.3 Å². The lowest BCUT2D eigenvalue weighted by Gasteiger charge is -2.32. The van der Waals surface area contributed by atoms with Crippen molar-refractivity contribution >= 4 is 50.7 Å². The van der Waals surface area contributed by atoms with E-state index in [1.165, 1.54) is 29.2 Å². The van der Waals surface area contributed by atoms with Crippen LogP contribution in [0.5, 0.6) is 0 Å². The molecule has 0 saturated carbocycles. The van der Waals surface area contributed by atoms with E-state index in [9.17, 15) is 22.4 Å². The van der Waals surface area contributed by atoms with Crippen molar-refractivity contribution in [1.82, 2.24) is 10.2 Å². The number of halogens is 3. The molecule has 1 N–H and O–H groups in total. The number of anilines is 1. The first-order chi connectivity index (χ1) is 19.5. The summed E-state index contributed by atoms with van der Waals surface area (Å²) in [6.45, 7) is 2.36. The lowest BCUT2D eigenvalue weighted by atomic mass is 10.0. The summed E-state index contributed by atoms with van der Waals surface area (Å²) < 4.78 is 39.6. The molecule has 2 amide bonds. The number of nitrogens with zero attached hydrogens (tertiary/aromatic N) is 2. The van der Waals surface area contributed by atoms with Gasteiger partial charge in [-0.2, -0.15) is 0 Å². The minimum absolute atomic E-state index is 0.0116. The number of carbonyl (C=O) groups excluding carboxylic acids is 2. The summed E-state index contributed by atoms with van der Waals surface area (Å²) >= 11 is 12.9. The van der Waals surface area contributed by atoms with Crippen molar-refractivity contribution < 1.29 is 22.4 Å². The van der Waals surface area contributed by atoms with Gasteiger partial charge >= 0.3 is 0 Å². The van der Waals surface area contributed by atoms with Crippen molar-refractivity contribution in [2.75, 3.05) is 23.7 Å². The molecule has 1 atom stereocenters. The minimum Gasteiger partial charge on any atom is -0.354 e. The molecule has 3 aromatic carbocycles. The van der Waals surface area contributed by atoms with E-state index in [1.54, 1.807) is 18.2 Å². The summed E-state index contributed by atoms with van der Waals surface area (Å²) in [4.78, 5) is 28.8. The van der Waals surface area contributed by atoms with Crippen molar-refractivity contribution in [3.05, 3.63) is 99.8 Å². The third-order valence-electron chi connectivity index (χ3n) is 6.48. The van der Waals surface area contributed by atoms with E-state index in [-0.39, 0.29) is 44.2 Å². The molecule has 0 spiro atoms. The van der Waals surface area contributed by atoms with Gasteiger partial charge in [0.05, 0.1) is 11.9 Å². The van der Waals surface area contributed by atoms with Crippen LogP contribution in [-0.2, 0) is 32.6 Å². The predicted octanol–water partition coefficient (Wildman–Crippen LogP) is 5.85. The summed E-state index contributed by atoms with van der Waals surface area (Å²) in [5, 5.41) is 3.63. The third kappa shape index (κ3) is 9.45. The Morgan fingerprint density at radius 1 is 0.951 bits per heavy atom. The van der Waals surface area contributed by atoms with Crippen LogP contribution in [0.2, 0.25) is 10.0 Å². The van der Waals surface area contributed by atoms with Gasteiger partial charge in [-0.3, -0.25) is 13.9 Å². The standard InChI is InChI=1S/C30H34Cl2FN3O4S/c1-3-18-34-30(38)28(20-22-9-5-4-6-10-22)35(21-25-26(31)11-7-12-27(25)32)29(37)13-8-19-36(41(2,39)40)24-16-14-23(33)15-17-24/h4-7,9-12,14-17,28H,3,8,13,18-21H2,1-2H3,(H,34,38)/t28-/m1/s1. The molecule has 3 rings (SSSR count). The first-order valence-electron chi connectivity index (χ1n) is 13.3. The minimum atomic E-state index is -3.70. The molecule has 7 nitrogen and oxygen atoms in total. The molecule has 0 saturated heterocycles. The topological polar surface area (TPSA) is 86.8 Å². The van der Waals surface area contributed by atoms with Crippen LogP contribution in [0, 0.1) is 5.82 Å². The number of hydrogen-bond acceptors (Lipinski definition) is 4. The molecule has 0 radical (unpaired) electrons. The Labute approximate surface area is 251 Å². The monoisotopic (exact) mass is 621 g/mol. The van der Waals surface area contributed by atoms with Gasteiger partial charge < -0.3 is 10.2 Å². The SMILES string of the molecule is CCCNC(=O)[C@@H](Cc1ccccc1)N(Cc1c(Cl)cccc1Cl)C(=O)CCCN(c1ccc(F)cc1)S(C)(=O)=O. The number of benzene rings is 3. The highest BCUT2D eigenvalue weighted by Gasteiger charge is 2.31. The number of rotatable bonds is 14. The van der Waals surface area contributed by atoms with Crippen molar-refractivity contribution in [2.24, 2.45) is 0 Å². The molecule has 220 valence electrons. The summed E-state index contributed by atoms with van der Waals surface area (Å²) in [6.07, 6.45) is 2.14. The fraction of sp³-hybridized carbons (Fsp3) is 0.333. The Balaban J connectivity index is 1.91. The molecule has 0 aliphatic heterocycles. The Hall–Kier alpha value is -3.14. The summed E-state index contributed by atoms with van der Waals surface area (Å²) in [7, 11) is -3.70. The predicted molar refractivity (Wildman–Crippen MR) is 162 cm³/mol. The Morgan fingerprint density at radius 2 is 1.59 bits per heavy atom. The van der Waals surface area contributed by atoms with E-state index in [4.69, 9.17) is 23.2 Å². The van der Waals surface area contributed by atoms with Crippen LogP contribution in [0.1, 0.15) is 37.3 Å². The van der Waals surface area contributed by atoms with Crippen LogP contribution in [-0.4, -0.2) is 50.5 Å². The molecule has 0 bridgehead atoms. The van der Waals surface area contributed by atoms with Crippen molar-refractivity contribution in [3.63, 3.8) is 0 Å². The van der Waals surface area contributed by atoms with Crippen LogP contribution in [0.15, 0.2) is 72.8 Å². The van der Waals surface area contributed by atoms with Gasteiger partial charge in [0.25, 0.3) is 0 Å². The van der Waals surface area contributed by atoms with Crippen LogP contribution in [0.3, 0.4) is 0 Å². The second-order valence-electron chi connectivity index (χ2n) is 9.63. The number of carbonyl (C=O) groups is 2. The number of amides is 2. The zero-order chi connectivity index (χ0) is 30.0. The number of hydrogen-bond donors (Lipinski definition) is 1. The first-order valence-corrected chi connectivity index (χ1v) is 15.9. The van der Waals surface area contributed by atoms with Gasteiger partial charge in [0.2, 0.25) is 21.8 Å². The highest BCUT2D eigenvalue weighted by atomic mass is 35.5. The van der Waals surface area contributed by atoms with Crippen LogP contribution in [0.4, 0.5) is 10.1 Å². The highest BCUT2D eigenvalue weighted by Crippen LogP contribution is 2.28. The summed E-state index contributed by atoms with van der Waals surface area (Å²) in [5.41, 5.74) is 1.67. The van der Waals surface area contributed by atoms with Crippen molar-refractivity contribution in [3.8, 4) is 0 Å². The second-order valence-corrected chi connectivity index (χ2v) is 12.4. The molecule has 0 fully saturated rings. The second kappa shape index (κ2) is 15.2. The van der Waals surface area contributed by atoms with Gasteiger partial charge in [-0.1, -0.05) is 66.5 Å². The molecule has 3 aromatic rings. The van der Waals surface area contributed by atoms with Gasteiger partial charge in [0.1, 0.15) is 11.9 Å². The molecule has 0 heterocycles. The van der Waals surface area contributed by atoms with Crippen molar-refractivity contribution in [1.29, 1.82) is 0 Å². The Kier molecular flexibility index (Phi) is 12.0. The third-order valence-corrected chi connectivity index (χ3v) is 8.38. The quantitative estimate of drug-likeness (QED) is 0.245. The largest absolute Gasteiger partial charge is 0.354 e. The molecule has 0 aromatic heterocycles. The maximum absolute atomic E-state index is 13.8. The van der Waals surface area contributed by atoms with E-state index >= 15 is 0 Å². The lowest BCUT2D eigenvalue weighted by Crippen LogP contribution is -2.50. The molecule has 11 heteroatoms. The zero-order valence-corrected chi connectivity index (χ0v) is 25.4. The molecule has 0 aliphatic carbocycles. The Bertz CT molecular complexity index is 1400. The average molecular weight is 623 g/mol. The highest BCUT2D eigenvalue weighted by molar-refractivity contribution is 7.92. The number of sulfonamides is 1. The molecular weight excluding hydrogens is 588 g/mol. The maximum Gasteiger partial charge on any atom is 0.243 e. The van der Waals surface area contributed by atoms with Crippen molar-refractivity contribution in [2.45, 2.75) is 45.2 Å². The smallest absolute Gasteiger partial charge is 0.243 e.